The first-order chi connectivity index (χ1) is 9.95. The molecule has 0 atom stereocenters. The number of nitrogens with zero attached hydrogens (tertiary/aromatic N) is 4. The van der Waals surface area contributed by atoms with Crippen molar-refractivity contribution < 1.29 is 4.42 Å². The Hall–Kier alpha value is -2.08. The largest absolute Gasteiger partial charge is 0.467 e. The van der Waals surface area contributed by atoms with E-state index >= 15 is 0 Å². The van der Waals surface area contributed by atoms with Crippen molar-refractivity contribution in [1.82, 2.24) is 19.7 Å². The van der Waals surface area contributed by atoms with Gasteiger partial charge in [0, 0.05) is 0 Å². The topological polar surface area (TPSA) is 68.8 Å². The van der Waals surface area contributed by atoms with Gasteiger partial charge in [-0.3, -0.25) is 0 Å². The Kier molecular flexibility index (Phi) is 3.33. The van der Waals surface area contributed by atoms with E-state index in [-0.39, 0.29) is 10.8 Å². The van der Waals surface area contributed by atoms with Crippen molar-refractivity contribution in [3.63, 3.8) is 0 Å². The Balaban J connectivity index is 2.00. The summed E-state index contributed by atoms with van der Waals surface area (Å²) in [6.07, 6.45) is 3.39. The van der Waals surface area contributed by atoms with Crippen LogP contribution < -0.4 is 5.32 Å². The van der Waals surface area contributed by atoms with E-state index in [4.69, 9.17) is 16.0 Å². The number of halogens is 1. The van der Waals surface area contributed by atoms with Crippen molar-refractivity contribution >= 4 is 28.5 Å². The molecule has 0 spiro atoms. The highest BCUT2D eigenvalue weighted by atomic mass is 35.5. The molecular weight excluding hydrogens is 290 g/mol. The van der Waals surface area contributed by atoms with E-state index in [1.807, 2.05) is 16.8 Å². The first-order valence-electron chi connectivity index (χ1n) is 6.63. The normalized spacial score (nSPS) is 12.0. The molecule has 3 aromatic rings. The third-order valence-electron chi connectivity index (χ3n) is 3.05. The lowest BCUT2D eigenvalue weighted by atomic mass is 10.1. The van der Waals surface area contributed by atoms with Crippen LogP contribution in [-0.2, 0) is 12.1 Å². The molecule has 7 heteroatoms. The zero-order valence-corrected chi connectivity index (χ0v) is 12.8. The molecule has 6 nitrogen and oxygen atoms in total. The van der Waals surface area contributed by atoms with Gasteiger partial charge in [0.15, 0.2) is 5.65 Å². The minimum atomic E-state index is -0.183. The Morgan fingerprint density at radius 2 is 2.14 bits per heavy atom. The highest BCUT2D eigenvalue weighted by molar-refractivity contribution is 6.28. The molecule has 0 aliphatic heterocycles. The van der Waals surface area contributed by atoms with Crippen LogP contribution in [0.4, 0.5) is 5.82 Å². The number of furan rings is 1. The summed E-state index contributed by atoms with van der Waals surface area (Å²) in [5.41, 5.74) is 0.530. The van der Waals surface area contributed by atoms with Gasteiger partial charge in [-0.2, -0.15) is 15.1 Å². The molecular formula is C14H16ClN5O. The molecule has 0 fully saturated rings. The van der Waals surface area contributed by atoms with E-state index in [0.29, 0.717) is 18.0 Å². The van der Waals surface area contributed by atoms with Gasteiger partial charge in [-0.05, 0) is 44.5 Å². The predicted molar refractivity (Wildman–Crippen MR) is 81.4 cm³/mol. The molecule has 3 rings (SSSR count). The van der Waals surface area contributed by atoms with Crippen LogP contribution in [0.25, 0.3) is 11.0 Å². The Labute approximate surface area is 127 Å². The first kappa shape index (κ1) is 13.9. The number of anilines is 1. The van der Waals surface area contributed by atoms with Crippen LogP contribution in [0.2, 0.25) is 5.28 Å². The maximum Gasteiger partial charge on any atom is 0.226 e. The van der Waals surface area contributed by atoms with Gasteiger partial charge in [-0.25, -0.2) is 4.68 Å². The molecule has 0 bridgehead atoms. The maximum atomic E-state index is 6.04. The number of nitrogens with one attached hydrogen (secondary N) is 1. The van der Waals surface area contributed by atoms with Crippen LogP contribution >= 0.6 is 11.6 Å². The summed E-state index contributed by atoms with van der Waals surface area (Å²) in [7, 11) is 0. The molecule has 110 valence electrons. The number of rotatable bonds is 3. The zero-order chi connectivity index (χ0) is 15.0. The second-order valence-electron chi connectivity index (χ2n) is 5.74. The van der Waals surface area contributed by atoms with Gasteiger partial charge in [-0.15, -0.1) is 0 Å². The second kappa shape index (κ2) is 5.04. The van der Waals surface area contributed by atoms with Gasteiger partial charge in [-0.1, -0.05) is 0 Å². The number of fused-ring (bicyclic) bond motifs is 1. The molecule has 0 saturated heterocycles. The fraction of sp³-hybridized carbons (Fsp3) is 0.357. The molecule has 0 amide bonds. The summed E-state index contributed by atoms with van der Waals surface area (Å²) in [6, 6.07) is 3.74. The standard InChI is InChI=1S/C14H16ClN5O/c1-14(2,3)20-12-10(8-17-20)11(18-13(15)19-12)16-7-9-5-4-6-21-9/h4-6,8H,7H2,1-3H3,(H,16,18,19). The first-order valence-corrected chi connectivity index (χ1v) is 7.01. The lowest BCUT2D eigenvalue weighted by Crippen LogP contribution is -2.23. The van der Waals surface area contributed by atoms with Crippen molar-refractivity contribution in [1.29, 1.82) is 0 Å². The molecule has 1 N–H and O–H groups in total. The lowest BCUT2D eigenvalue weighted by Gasteiger charge is -2.19. The summed E-state index contributed by atoms with van der Waals surface area (Å²) in [6.45, 7) is 6.71. The summed E-state index contributed by atoms with van der Waals surface area (Å²) < 4.78 is 7.14. The zero-order valence-electron chi connectivity index (χ0n) is 12.1. The molecule has 0 aliphatic rings. The van der Waals surface area contributed by atoms with Crippen molar-refractivity contribution in [2.45, 2.75) is 32.9 Å². The average molecular weight is 306 g/mol. The molecule has 0 unspecified atom stereocenters. The Morgan fingerprint density at radius 1 is 1.33 bits per heavy atom. The quantitative estimate of drug-likeness (QED) is 0.751. The monoisotopic (exact) mass is 305 g/mol. The summed E-state index contributed by atoms with van der Waals surface area (Å²) >= 11 is 6.04. The van der Waals surface area contributed by atoms with Crippen LogP contribution in [0.3, 0.4) is 0 Å². The van der Waals surface area contributed by atoms with E-state index < -0.39 is 0 Å². The van der Waals surface area contributed by atoms with Gasteiger partial charge in [0.2, 0.25) is 5.28 Å². The fourth-order valence-electron chi connectivity index (χ4n) is 2.09. The molecule has 0 aromatic carbocycles. The van der Waals surface area contributed by atoms with Crippen molar-refractivity contribution in [3.8, 4) is 0 Å². The average Bonchev–Trinajstić information content (AvgIpc) is 3.03. The molecule has 3 heterocycles. The van der Waals surface area contributed by atoms with Gasteiger partial charge >= 0.3 is 0 Å². The Morgan fingerprint density at radius 3 is 2.81 bits per heavy atom. The van der Waals surface area contributed by atoms with E-state index in [1.165, 1.54) is 0 Å². The highest BCUT2D eigenvalue weighted by Gasteiger charge is 2.20. The number of hydrogen-bond donors (Lipinski definition) is 1. The van der Waals surface area contributed by atoms with Crippen molar-refractivity contribution in [3.05, 3.63) is 35.6 Å². The van der Waals surface area contributed by atoms with Crippen LogP contribution in [0.1, 0.15) is 26.5 Å². The van der Waals surface area contributed by atoms with Crippen LogP contribution in [-0.4, -0.2) is 19.7 Å². The van der Waals surface area contributed by atoms with Crippen LogP contribution in [0.5, 0.6) is 0 Å². The van der Waals surface area contributed by atoms with Crippen molar-refractivity contribution in [2.24, 2.45) is 0 Å². The van der Waals surface area contributed by atoms with E-state index in [9.17, 15) is 0 Å². The Bertz CT molecular complexity index is 758. The predicted octanol–water partition coefficient (Wildman–Crippen LogP) is 3.44. The van der Waals surface area contributed by atoms with E-state index in [2.05, 4.69) is 41.2 Å². The SMILES string of the molecule is CC(C)(C)n1ncc2c(NCc3ccco3)nc(Cl)nc21. The molecule has 3 aromatic heterocycles. The third-order valence-corrected chi connectivity index (χ3v) is 3.22. The maximum absolute atomic E-state index is 6.04. The van der Waals surface area contributed by atoms with Crippen LogP contribution in [0, 0.1) is 0 Å². The minimum Gasteiger partial charge on any atom is -0.467 e. The van der Waals surface area contributed by atoms with Gasteiger partial charge in [0.05, 0.1) is 29.9 Å². The number of hydrogen-bond acceptors (Lipinski definition) is 5. The molecule has 21 heavy (non-hydrogen) atoms. The van der Waals surface area contributed by atoms with E-state index in [1.54, 1.807) is 12.5 Å². The lowest BCUT2D eigenvalue weighted by molar-refractivity contribution is 0.366. The highest BCUT2D eigenvalue weighted by Crippen LogP contribution is 2.26. The van der Waals surface area contributed by atoms with Gasteiger partial charge in [0.1, 0.15) is 11.6 Å². The van der Waals surface area contributed by atoms with Crippen LogP contribution in [0.15, 0.2) is 29.0 Å². The number of aromatic nitrogens is 4. The van der Waals surface area contributed by atoms with Gasteiger partial charge < -0.3 is 9.73 Å². The molecule has 0 radical (unpaired) electrons. The molecule has 0 aliphatic carbocycles. The summed E-state index contributed by atoms with van der Waals surface area (Å²) in [5.74, 6) is 1.47. The smallest absolute Gasteiger partial charge is 0.226 e. The van der Waals surface area contributed by atoms with Crippen molar-refractivity contribution in [2.75, 3.05) is 5.32 Å². The summed E-state index contributed by atoms with van der Waals surface area (Å²) in [5, 5.41) is 8.64. The van der Waals surface area contributed by atoms with Gasteiger partial charge in [0.25, 0.3) is 0 Å². The fourth-order valence-corrected chi connectivity index (χ4v) is 2.26. The summed E-state index contributed by atoms with van der Waals surface area (Å²) in [4.78, 5) is 8.54. The second-order valence-corrected chi connectivity index (χ2v) is 6.08. The minimum absolute atomic E-state index is 0.183. The molecule has 0 saturated carbocycles. The third kappa shape index (κ3) is 2.71. The van der Waals surface area contributed by atoms with E-state index in [0.717, 1.165) is 11.1 Å².